The number of sulfonamides is 1. The van der Waals surface area contributed by atoms with Crippen molar-refractivity contribution in [3.63, 3.8) is 0 Å². The van der Waals surface area contributed by atoms with Crippen LogP contribution in [0.25, 0.3) is 0 Å². The van der Waals surface area contributed by atoms with Crippen molar-refractivity contribution in [3.8, 4) is 0 Å². The van der Waals surface area contributed by atoms with Crippen LogP contribution >= 0.6 is 23.2 Å². The summed E-state index contributed by atoms with van der Waals surface area (Å²) in [7, 11) is -1.84. The lowest BCUT2D eigenvalue weighted by atomic mass is 10.1. The van der Waals surface area contributed by atoms with E-state index in [1.54, 1.807) is 23.1 Å². The topological polar surface area (TPSA) is 60.9 Å². The van der Waals surface area contributed by atoms with E-state index >= 15 is 0 Å². The normalized spacial score (nSPS) is 15.4. The predicted octanol–water partition coefficient (Wildman–Crippen LogP) is 3.60. The van der Waals surface area contributed by atoms with Gasteiger partial charge in [0.05, 0.1) is 10.0 Å². The second kappa shape index (κ2) is 8.92. The van der Waals surface area contributed by atoms with Gasteiger partial charge in [-0.2, -0.15) is 4.31 Å². The number of carbonyl (C=O) groups excluding carboxylic acids is 1. The first kappa shape index (κ1) is 21.9. The molecular formula is C20H23Cl2N3O3S. The second-order valence-corrected chi connectivity index (χ2v) is 9.50. The van der Waals surface area contributed by atoms with Crippen LogP contribution in [0.5, 0.6) is 0 Å². The zero-order chi connectivity index (χ0) is 21.2. The maximum Gasteiger partial charge on any atom is 0.253 e. The Kier molecular flexibility index (Phi) is 6.73. The lowest BCUT2D eigenvalue weighted by molar-refractivity contribution is 0.0698. The summed E-state index contributed by atoms with van der Waals surface area (Å²) in [6.07, 6.45) is 0. The van der Waals surface area contributed by atoms with Crippen LogP contribution in [0.15, 0.2) is 47.4 Å². The fourth-order valence-corrected chi connectivity index (χ4v) is 5.73. The Labute approximate surface area is 181 Å². The van der Waals surface area contributed by atoms with Crippen LogP contribution < -0.4 is 4.90 Å². The van der Waals surface area contributed by atoms with Gasteiger partial charge in [-0.25, -0.2) is 8.42 Å². The molecule has 0 aromatic heterocycles. The monoisotopic (exact) mass is 455 g/mol. The number of anilines is 1. The van der Waals surface area contributed by atoms with Gasteiger partial charge < -0.3 is 9.80 Å². The van der Waals surface area contributed by atoms with E-state index in [1.165, 1.54) is 16.4 Å². The number of carbonyl (C=O) groups is 1. The van der Waals surface area contributed by atoms with Gasteiger partial charge in [-0.05, 0) is 43.3 Å². The lowest BCUT2D eigenvalue weighted by Crippen LogP contribution is -2.50. The molecule has 0 N–H and O–H groups in total. The highest BCUT2D eigenvalue weighted by Crippen LogP contribution is 2.32. The van der Waals surface area contributed by atoms with E-state index in [4.69, 9.17) is 23.2 Å². The third-order valence-corrected chi connectivity index (χ3v) is 7.93. The molecule has 0 atom stereocenters. The van der Waals surface area contributed by atoms with Crippen molar-refractivity contribution in [1.29, 1.82) is 0 Å². The molecule has 9 heteroatoms. The van der Waals surface area contributed by atoms with Gasteiger partial charge >= 0.3 is 0 Å². The van der Waals surface area contributed by atoms with Gasteiger partial charge in [-0.1, -0.05) is 29.3 Å². The molecule has 1 heterocycles. The average Bonchev–Trinajstić information content (AvgIpc) is 2.72. The molecule has 1 fully saturated rings. The number of rotatable bonds is 5. The Morgan fingerprint density at radius 1 is 1.00 bits per heavy atom. The summed E-state index contributed by atoms with van der Waals surface area (Å²) >= 11 is 12.2. The van der Waals surface area contributed by atoms with Crippen LogP contribution in [0.4, 0.5) is 5.69 Å². The van der Waals surface area contributed by atoms with E-state index in [0.717, 1.165) is 12.2 Å². The molecule has 2 aromatic rings. The summed E-state index contributed by atoms with van der Waals surface area (Å²) in [5.74, 6) is -0.108. The minimum atomic E-state index is -3.83. The standard InChI is InChI=1S/C20H23Cl2N3O3S/c1-3-23(2)16-9-7-15(8-10-16)20(26)24-11-13-25(14-12-24)29(27,28)19-17(21)5-4-6-18(19)22/h4-10H,3,11-14H2,1-2H3. The summed E-state index contributed by atoms with van der Waals surface area (Å²) < 4.78 is 27.2. The minimum Gasteiger partial charge on any atom is -0.375 e. The number of benzene rings is 2. The highest BCUT2D eigenvalue weighted by atomic mass is 35.5. The van der Waals surface area contributed by atoms with Gasteiger partial charge in [-0.15, -0.1) is 0 Å². The number of hydrogen-bond acceptors (Lipinski definition) is 4. The summed E-state index contributed by atoms with van der Waals surface area (Å²) in [5, 5.41) is 0.182. The van der Waals surface area contributed by atoms with Crippen molar-refractivity contribution in [2.45, 2.75) is 11.8 Å². The molecule has 1 aliphatic heterocycles. The summed E-state index contributed by atoms with van der Waals surface area (Å²) in [4.78, 5) is 16.4. The molecule has 0 spiro atoms. The third kappa shape index (κ3) is 4.53. The highest BCUT2D eigenvalue weighted by molar-refractivity contribution is 7.89. The number of halogens is 2. The SMILES string of the molecule is CCN(C)c1ccc(C(=O)N2CCN(S(=O)(=O)c3c(Cl)cccc3Cl)CC2)cc1. The van der Waals surface area contributed by atoms with E-state index in [9.17, 15) is 13.2 Å². The number of nitrogens with zero attached hydrogens (tertiary/aromatic N) is 3. The van der Waals surface area contributed by atoms with Crippen molar-refractivity contribution in [1.82, 2.24) is 9.21 Å². The zero-order valence-electron chi connectivity index (χ0n) is 16.3. The van der Waals surface area contributed by atoms with Gasteiger partial charge in [0, 0.05) is 51.0 Å². The molecule has 0 bridgehead atoms. The first-order valence-corrected chi connectivity index (χ1v) is 11.5. The molecule has 0 unspecified atom stereocenters. The van der Waals surface area contributed by atoms with Gasteiger partial charge in [0.15, 0.2) is 0 Å². The van der Waals surface area contributed by atoms with Crippen LogP contribution in [-0.4, -0.2) is 63.3 Å². The zero-order valence-corrected chi connectivity index (χ0v) is 18.6. The fraction of sp³-hybridized carbons (Fsp3) is 0.350. The Bertz CT molecular complexity index is 968. The molecule has 0 aliphatic carbocycles. The molecule has 156 valence electrons. The predicted molar refractivity (Wildman–Crippen MR) is 117 cm³/mol. The summed E-state index contributed by atoms with van der Waals surface area (Å²) in [6, 6.07) is 12.0. The van der Waals surface area contributed by atoms with Crippen LogP contribution in [0, 0.1) is 0 Å². The van der Waals surface area contributed by atoms with Crippen molar-refractivity contribution in [2.75, 3.05) is 44.7 Å². The van der Waals surface area contributed by atoms with Crippen molar-refractivity contribution >= 4 is 44.8 Å². The van der Waals surface area contributed by atoms with Crippen LogP contribution in [0.2, 0.25) is 10.0 Å². The van der Waals surface area contributed by atoms with Crippen molar-refractivity contribution in [3.05, 3.63) is 58.1 Å². The highest BCUT2D eigenvalue weighted by Gasteiger charge is 2.33. The van der Waals surface area contributed by atoms with Gasteiger partial charge in [0.1, 0.15) is 4.90 Å². The number of hydrogen-bond donors (Lipinski definition) is 0. The smallest absolute Gasteiger partial charge is 0.253 e. The first-order chi connectivity index (χ1) is 13.8. The molecule has 0 radical (unpaired) electrons. The first-order valence-electron chi connectivity index (χ1n) is 9.30. The van der Waals surface area contributed by atoms with E-state index in [0.29, 0.717) is 18.7 Å². The largest absolute Gasteiger partial charge is 0.375 e. The molecule has 0 saturated carbocycles. The lowest BCUT2D eigenvalue weighted by Gasteiger charge is -2.34. The molecule has 6 nitrogen and oxygen atoms in total. The average molecular weight is 456 g/mol. The van der Waals surface area contributed by atoms with E-state index in [1.807, 2.05) is 19.2 Å². The molecule has 29 heavy (non-hydrogen) atoms. The van der Waals surface area contributed by atoms with Crippen LogP contribution in [0.3, 0.4) is 0 Å². The summed E-state index contributed by atoms with van der Waals surface area (Å²) in [6.45, 7) is 3.91. The Morgan fingerprint density at radius 2 is 1.55 bits per heavy atom. The molecular weight excluding hydrogens is 433 g/mol. The molecule has 1 amide bonds. The van der Waals surface area contributed by atoms with E-state index in [2.05, 4.69) is 11.8 Å². The fourth-order valence-electron chi connectivity index (χ4n) is 3.21. The van der Waals surface area contributed by atoms with Crippen molar-refractivity contribution < 1.29 is 13.2 Å². The quantitative estimate of drug-likeness (QED) is 0.690. The van der Waals surface area contributed by atoms with E-state index < -0.39 is 10.0 Å². The summed E-state index contributed by atoms with van der Waals surface area (Å²) in [5.41, 5.74) is 1.63. The number of piperazine rings is 1. The Morgan fingerprint density at radius 3 is 2.07 bits per heavy atom. The minimum absolute atomic E-state index is 0.0845. The Hall–Kier alpha value is -1.80. The molecule has 2 aromatic carbocycles. The van der Waals surface area contributed by atoms with E-state index in [-0.39, 0.29) is 33.9 Å². The van der Waals surface area contributed by atoms with Gasteiger partial charge in [0.25, 0.3) is 5.91 Å². The molecule has 1 saturated heterocycles. The maximum absolute atomic E-state index is 13.0. The second-order valence-electron chi connectivity index (χ2n) is 6.81. The van der Waals surface area contributed by atoms with Crippen LogP contribution in [-0.2, 0) is 10.0 Å². The number of amides is 1. The molecule has 3 rings (SSSR count). The van der Waals surface area contributed by atoms with Crippen LogP contribution in [0.1, 0.15) is 17.3 Å². The van der Waals surface area contributed by atoms with Crippen molar-refractivity contribution in [2.24, 2.45) is 0 Å². The van der Waals surface area contributed by atoms with Gasteiger partial charge in [-0.3, -0.25) is 4.79 Å². The molecule has 1 aliphatic rings. The maximum atomic E-state index is 13.0. The third-order valence-electron chi connectivity index (χ3n) is 5.07. The van der Waals surface area contributed by atoms with Gasteiger partial charge in [0.2, 0.25) is 10.0 Å². The Balaban J connectivity index is 1.69.